The Bertz CT molecular complexity index is 1440. The first kappa shape index (κ1) is 25.7. The number of benzene rings is 3. The van der Waals surface area contributed by atoms with Gasteiger partial charge in [0.2, 0.25) is 0 Å². The smallest absolute Gasteiger partial charge is 0.317 e. The van der Waals surface area contributed by atoms with Crippen LogP contribution in [0.25, 0.3) is 10.9 Å². The summed E-state index contributed by atoms with van der Waals surface area (Å²) < 4.78 is 25.6. The third-order valence-corrected chi connectivity index (χ3v) is 6.59. The first-order chi connectivity index (χ1) is 18.4. The average molecular weight is 537 g/mol. The maximum absolute atomic E-state index is 13.4. The molecule has 0 bridgehead atoms. The van der Waals surface area contributed by atoms with Crippen molar-refractivity contribution in [3.8, 4) is 11.5 Å². The molecule has 0 amide bonds. The molecule has 0 atom stereocenters. The van der Waals surface area contributed by atoms with Crippen molar-refractivity contribution >= 4 is 40.0 Å². The summed E-state index contributed by atoms with van der Waals surface area (Å²) in [5.74, 6) is 0.563. The Balaban J connectivity index is 1.30. The van der Waals surface area contributed by atoms with Gasteiger partial charge in [-0.1, -0.05) is 29.8 Å². The Hall–Kier alpha value is -3.95. The van der Waals surface area contributed by atoms with Gasteiger partial charge in [0.05, 0.1) is 22.5 Å². The molecule has 0 spiro atoms. The molecule has 0 aliphatic carbocycles. The number of piperidine rings is 1. The quantitative estimate of drug-likeness (QED) is 0.282. The number of carboxylic acid groups (broad SMARTS) is 1. The number of carboxylic acids is 1. The summed E-state index contributed by atoms with van der Waals surface area (Å²) in [6.07, 6.45) is 2.90. The van der Waals surface area contributed by atoms with E-state index in [-0.39, 0.29) is 25.1 Å². The molecule has 196 valence electrons. The van der Waals surface area contributed by atoms with Crippen LogP contribution in [0.1, 0.15) is 18.4 Å². The van der Waals surface area contributed by atoms with Crippen LogP contribution in [-0.4, -0.2) is 51.7 Å². The molecular formula is C28H26ClFN4O4. The lowest BCUT2D eigenvalue weighted by atomic mass is 10.1. The number of aliphatic carboxylic acids is 1. The van der Waals surface area contributed by atoms with Gasteiger partial charge in [0, 0.05) is 18.8 Å². The fraction of sp³-hybridized carbons (Fsp3) is 0.250. The van der Waals surface area contributed by atoms with E-state index in [9.17, 15) is 9.18 Å². The highest BCUT2D eigenvalue weighted by Gasteiger charge is 2.23. The molecule has 1 fully saturated rings. The van der Waals surface area contributed by atoms with Gasteiger partial charge in [0.1, 0.15) is 42.2 Å². The van der Waals surface area contributed by atoms with E-state index in [0.29, 0.717) is 46.7 Å². The molecule has 0 unspecified atom stereocenters. The van der Waals surface area contributed by atoms with Crippen LogP contribution in [0.5, 0.6) is 11.5 Å². The van der Waals surface area contributed by atoms with E-state index >= 15 is 0 Å². The molecule has 2 heterocycles. The van der Waals surface area contributed by atoms with Crippen LogP contribution in [0.4, 0.5) is 15.9 Å². The highest BCUT2D eigenvalue weighted by atomic mass is 35.5. The zero-order valence-corrected chi connectivity index (χ0v) is 21.2. The van der Waals surface area contributed by atoms with Gasteiger partial charge < -0.3 is 19.9 Å². The Labute approximate surface area is 224 Å². The minimum Gasteiger partial charge on any atom is -0.489 e. The van der Waals surface area contributed by atoms with Crippen LogP contribution in [0.2, 0.25) is 5.02 Å². The van der Waals surface area contributed by atoms with Crippen molar-refractivity contribution in [2.24, 2.45) is 0 Å². The summed E-state index contributed by atoms with van der Waals surface area (Å²) in [7, 11) is 0. The van der Waals surface area contributed by atoms with Crippen LogP contribution in [-0.2, 0) is 11.4 Å². The minimum absolute atomic E-state index is 0.0392. The number of fused-ring (bicyclic) bond motifs is 1. The van der Waals surface area contributed by atoms with Gasteiger partial charge in [0.25, 0.3) is 0 Å². The number of anilines is 2. The Kier molecular flexibility index (Phi) is 7.86. The van der Waals surface area contributed by atoms with Gasteiger partial charge in [-0.2, -0.15) is 0 Å². The third-order valence-electron chi connectivity index (χ3n) is 6.29. The van der Waals surface area contributed by atoms with Crippen LogP contribution < -0.4 is 14.8 Å². The maximum atomic E-state index is 13.4. The molecular weight excluding hydrogens is 511 g/mol. The number of hydrogen-bond acceptors (Lipinski definition) is 7. The number of likely N-dealkylation sites (tertiary alicyclic amines) is 1. The van der Waals surface area contributed by atoms with Crippen LogP contribution >= 0.6 is 11.6 Å². The van der Waals surface area contributed by atoms with Crippen molar-refractivity contribution in [2.45, 2.75) is 25.6 Å². The highest BCUT2D eigenvalue weighted by molar-refractivity contribution is 6.32. The molecule has 4 aromatic rings. The number of nitrogens with one attached hydrogen (secondary N) is 1. The summed E-state index contributed by atoms with van der Waals surface area (Å²) >= 11 is 6.48. The predicted octanol–water partition coefficient (Wildman–Crippen LogP) is 5.67. The second-order valence-corrected chi connectivity index (χ2v) is 9.46. The molecule has 38 heavy (non-hydrogen) atoms. The molecule has 1 aliphatic heterocycles. The first-order valence-electron chi connectivity index (χ1n) is 12.2. The van der Waals surface area contributed by atoms with Gasteiger partial charge in [-0.25, -0.2) is 14.4 Å². The lowest BCUT2D eigenvalue weighted by Gasteiger charge is -2.31. The standard InChI is InChI=1S/C28H26ClFN4O4/c29-22-14-20(7-8-24(22)37-16-18-3-1-4-19(30)13-18)33-28-27-23(31-17-32-28)5-2-6-25(27)38-21-9-11-34(12-10-21)15-26(35)36/h1-8,13-14,17,21H,9-12,15-16H2,(H,35,36)(H,31,32,33). The zero-order chi connectivity index (χ0) is 26.5. The molecule has 0 radical (unpaired) electrons. The molecule has 2 N–H and O–H groups in total. The van der Waals surface area contributed by atoms with Crippen molar-refractivity contribution in [1.82, 2.24) is 14.9 Å². The van der Waals surface area contributed by atoms with Gasteiger partial charge in [0.15, 0.2) is 0 Å². The van der Waals surface area contributed by atoms with Crippen molar-refractivity contribution in [2.75, 3.05) is 25.0 Å². The van der Waals surface area contributed by atoms with E-state index in [4.69, 9.17) is 26.2 Å². The van der Waals surface area contributed by atoms with Crippen molar-refractivity contribution in [1.29, 1.82) is 0 Å². The predicted molar refractivity (Wildman–Crippen MR) is 143 cm³/mol. The molecule has 1 aliphatic rings. The van der Waals surface area contributed by atoms with Crippen molar-refractivity contribution in [3.63, 3.8) is 0 Å². The normalized spacial score (nSPS) is 14.4. The number of nitrogens with zero attached hydrogens (tertiary/aromatic N) is 3. The number of rotatable bonds is 9. The summed E-state index contributed by atoms with van der Waals surface area (Å²) in [5, 5.41) is 13.5. The summed E-state index contributed by atoms with van der Waals surface area (Å²) in [5.41, 5.74) is 2.13. The first-order valence-corrected chi connectivity index (χ1v) is 12.6. The van der Waals surface area contributed by atoms with E-state index in [1.807, 2.05) is 29.2 Å². The maximum Gasteiger partial charge on any atom is 0.317 e. The van der Waals surface area contributed by atoms with E-state index in [1.54, 1.807) is 24.3 Å². The molecule has 8 nitrogen and oxygen atoms in total. The van der Waals surface area contributed by atoms with E-state index in [2.05, 4.69) is 15.3 Å². The zero-order valence-electron chi connectivity index (χ0n) is 20.4. The summed E-state index contributed by atoms with van der Waals surface area (Å²) in [4.78, 5) is 21.8. The number of carbonyl (C=O) groups is 1. The van der Waals surface area contributed by atoms with Gasteiger partial charge in [-0.15, -0.1) is 0 Å². The molecule has 1 saturated heterocycles. The highest BCUT2D eigenvalue weighted by Crippen LogP contribution is 2.35. The molecule has 5 rings (SSSR count). The molecule has 1 aromatic heterocycles. The lowest BCUT2D eigenvalue weighted by molar-refractivity contribution is -0.138. The van der Waals surface area contributed by atoms with Gasteiger partial charge in [-0.3, -0.25) is 9.69 Å². The van der Waals surface area contributed by atoms with E-state index < -0.39 is 5.97 Å². The Morgan fingerprint density at radius 1 is 1.08 bits per heavy atom. The number of hydrogen-bond donors (Lipinski definition) is 2. The SMILES string of the molecule is O=C(O)CN1CCC(Oc2cccc3ncnc(Nc4ccc(OCc5cccc(F)c5)c(Cl)c4)c23)CC1. The molecule has 3 aromatic carbocycles. The fourth-order valence-corrected chi connectivity index (χ4v) is 4.68. The summed E-state index contributed by atoms with van der Waals surface area (Å²) in [6, 6.07) is 17.2. The third kappa shape index (κ3) is 6.30. The van der Waals surface area contributed by atoms with E-state index in [0.717, 1.165) is 23.7 Å². The second kappa shape index (κ2) is 11.6. The van der Waals surface area contributed by atoms with Crippen LogP contribution in [0, 0.1) is 5.82 Å². The monoisotopic (exact) mass is 536 g/mol. The van der Waals surface area contributed by atoms with E-state index in [1.165, 1.54) is 18.5 Å². The van der Waals surface area contributed by atoms with Crippen LogP contribution in [0.3, 0.4) is 0 Å². The fourth-order valence-electron chi connectivity index (χ4n) is 4.45. The average Bonchev–Trinajstić information content (AvgIpc) is 2.89. The Morgan fingerprint density at radius 3 is 2.66 bits per heavy atom. The second-order valence-electron chi connectivity index (χ2n) is 9.05. The van der Waals surface area contributed by atoms with Crippen molar-refractivity contribution < 1.29 is 23.8 Å². The lowest BCUT2D eigenvalue weighted by Crippen LogP contribution is -2.40. The topological polar surface area (TPSA) is 96.8 Å². The molecule has 0 saturated carbocycles. The molecule has 10 heteroatoms. The van der Waals surface area contributed by atoms with Crippen LogP contribution in [0.15, 0.2) is 67.0 Å². The number of halogens is 2. The Morgan fingerprint density at radius 2 is 1.89 bits per heavy atom. The minimum atomic E-state index is -0.822. The largest absolute Gasteiger partial charge is 0.489 e. The number of aromatic nitrogens is 2. The van der Waals surface area contributed by atoms with Crippen molar-refractivity contribution in [3.05, 3.63) is 83.4 Å². The summed E-state index contributed by atoms with van der Waals surface area (Å²) in [6.45, 7) is 1.56. The van der Waals surface area contributed by atoms with Gasteiger partial charge in [-0.05, 0) is 60.9 Å². The number of ether oxygens (including phenoxy) is 2. The van der Waals surface area contributed by atoms with Gasteiger partial charge >= 0.3 is 5.97 Å².